The van der Waals surface area contributed by atoms with Gasteiger partial charge in [-0.15, -0.1) is 0 Å². The average molecular weight is 226 g/mol. The summed E-state index contributed by atoms with van der Waals surface area (Å²) in [5, 5.41) is 6.37. The van der Waals surface area contributed by atoms with Crippen molar-refractivity contribution in [3.63, 3.8) is 0 Å². The van der Waals surface area contributed by atoms with Gasteiger partial charge in [0.05, 0.1) is 0 Å². The molecule has 3 atom stereocenters. The largest absolute Gasteiger partial charge is 0.444 e. The Bertz CT molecular complexity index is 253. The van der Waals surface area contributed by atoms with Gasteiger partial charge in [0.15, 0.2) is 0 Å². The van der Waals surface area contributed by atoms with E-state index in [0.717, 1.165) is 19.0 Å². The lowest BCUT2D eigenvalue weighted by atomic mass is 9.98. The van der Waals surface area contributed by atoms with E-state index < -0.39 is 5.60 Å². The molecule has 0 aromatic rings. The van der Waals surface area contributed by atoms with Crippen molar-refractivity contribution in [3.8, 4) is 0 Å². The Hall–Kier alpha value is -0.770. The molecular weight excluding hydrogens is 204 g/mol. The van der Waals surface area contributed by atoms with E-state index in [4.69, 9.17) is 4.74 Å². The lowest BCUT2D eigenvalue weighted by Crippen LogP contribution is -2.37. The molecule has 16 heavy (non-hydrogen) atoms. The first-order chi connectivity index (χ1) is 7.46. The average Bonchev–Trinajstić information content (AvgIpc) is 2.70. The van der Waals surface area contributed by atoms with E-state index in [1.807, 2.05) is 20.8 Å². The summed E-state index contributed by atoms with van der Waals surface area (Å²) in [6.07, 6.45) is 2.27. The normalized spacial score (nSPS) is 32.8. The van der Waals surface area contributed by atoms with Gasteiger partial charge < -0.3 is 15.4 Å². The Labute approximate surface area is 97.1 Å². The lowest BCUT2D eigenvalue weighted by molar-refractivity contribution is 0.0517. The van der Waals surface area contributed by atoms with Crippen LogP contribution in [0.2, 0.25) is 0 Å². The van der Waals surface area contributed by atoms with E-state index in [2.05, 4.69) is 10.6 Å². The Morgan fingerprint density at radius 1 is 1.44 bits per heavy atom. The zero-order valence-electron chi connectivity index (χ0n) is 10.4. The van der Waals surface area contributed by atoms with E-state index >= 15 is 0 Å². The lowest BCUT2D eigenvalue weighted by Gasteiger charge is -2.21. The molecule has 0 spiro atoms. The fraction of sp³-hybridized carbons (Fsp3) is 0.917. The van der Waals surface area contributed by atoms with Crippen molar-refractivity contribution in [1.82, 2.24) is 10.6 Å². The Kier molecular flexibility index (Phi) is 3.10. The molecule has 0 aromatic carbocycles. The van der Waals surface area contributed by atoms with Gasteiger partial charge in [-0.3, -0.25) is 0 Å². The summed E-state index contributed by atoms with van der Waals surface area (Å²) in [6, 6.07) is 0.611. The van der Waals surface area contributed by atoms with Crippen LogP contribution in [0.3, 0.4) is 0 Å². The number of carbonyl (C=O) groups is 1. The Morgan fingerprint density at radius 3 is 2.62 bits per heavy atom. The maximum Gasteiger partial charge on any atom is 0.407 e. The van der Waals surface area contributed by atoms with Crippen molar-refractivity contribution < 1.29 is 9.53 Å². The van der Waals surface area contributed by atoms with Gasteiger partial charge in [-0.05, 0) is 52.0 Å². The summed E-state index contributed by atoms with van der Waals surface area (Å²) in [5.41, 5.74) is -0.406. The summed E-state index contributed by atoms with van der Waals surface area (Å²) < 4.78 is 5.22. The Balaban J connectivity index is 1.74. The smallest absolute Gasteiger partial charge is 0.407 e. The van der Waals surface area contributed by atoms with Gasteiger partial charge >= 0.3 is 6.09 Å². The first kappa shape index (κ1) is 11.7. The zero-order valence-corrected chi connectivity index (χ0v) is 10.4. The highest BCUT2D eigenvalue weighted by molar-refractivity contribution is 5.67. The van der Waals surface area contributed by atoms with Crippen molar-refractivity contribution in [2.75, 3.05) is 13.1 Å². The monoisotopic (exact) mass is 226 g/mol. The molecule has 2 N–H and O–H groups in total. The van der Waals surface area contributed by atoms with Crippen LogP contribution in [0.1, 0.15) is 33.6 Å². The molecule has 4 nitrogen and oxygen atoms in total. The van der Waals surface area contributed by atoms with Crippen LogP contribution in [0.5, 0.6) is 0 Å². The first-order valence-corrected chi connectivity index (χ1v) is 6.16. The SMILES string of the molecule is CC(C)(C)OC(=O)NC[C@@H]1[C@H]2CC[C@@H]1NC2. The number of alkyl carbamates (subject to hydrolysis) is 1. The first-order valence-electron chi connectivity index (χ1n) is 6.16. The van der Waals surface area contributed by atoms with Gasteiger partial charge in [0.25, 0.3) is 0 Å². The van der Waals surface area contributed by atoms with Crippen molar-refractivity contribution in [3.05, 3.63) is 0 Å². The summed E-state index contributed by atoms with van der Waals surface area (Å²) in [5.74, 6) is 1.35. The van der Waals surface area contributed by atoms with Crippen LogP contribution < -0.4 is 10.6 Å². The van der Waals surface area contributed by atoms with Crippen molar-refractivity contribution >= 4 is 6.09 Å². The van der Waals surface area contributed by atoms with Crippen LogP contribution in [-0.2, 0) is 4.74 Å². The number of nitrogens with one attached hydrogen (secondary N) is 2. The van der Waals surface area contributed by atoms with Crippen LogP contribution in [-0.4, -0.2) is 30.8 Å². The Morgan fingerprint density at radius 2 is 2.19 bits per heavy atom. The third-order valence-electron chi connectivity index (χ3n) is 3.49. The van der Waals surface area contributed by atoms with Crippen LogP contribution in [0.15, 0.2) is 0 Å². The van der Waals surface area contributed by atoms with Crippen LogP contribution >= 0.6 is 0 Å². The van der Waals surface area contributed by atoms with E-state index in [1.165, 1.54) is 12.8 Å². The van der Waals surface area contributed by atoms with E-state index in [0.29, 0.717) is 12.0 Å². The molecule has 0 aromatic heterocycles. The maximum absolute atomic E-state index is 11.5. The molecule has 1 saturated heterocycles. The van der Waals surface area contributed by atoms with Gasteiger partial charge in [0, 0.05) is 12.6 Å². The summed E-state index contributed by atoms with van der Waals surface area (Å²) in [7, 11) is 0. The second-order valence-corrected chi connectivity index (χ2v) is 5.90. The number of piperidine rings is 1. The minimum absolute atomic E-state index is 0.293. The molecule has 1 aliphatic heterocycles. The minimum Gasteiger partial charge on any atom is -0.444 e. The summed E-state index contributed by atoms with van der Waals surface area (Å²) in [6.45, 7) is 7.51. The molecule has 1 heterocycles. The molecular formula is C12H22N2O2. The van der Waals surface area contributed by atoms with Crippen molar-refractivity contribution in [1.29, 1.82) is 0 Å². The van der Waals surface area contributed by atoms with E-state index in [9.17, 15) is 4.79 Å². The molecule has 2 aliphatic rings. The number of rotatable bonds is 2. The van der Waals surface area contributed by atoms with E-state index in [1.54, 1.807) is 0 Å². The third-order valence-corrected chi connectivity index (χ3v) is 3.49. The minimum atomic E-state index is -0.406. The molecule has 4 heteroatoms. The van der Waals surface area contributed by atoms with Crippen LogP contribution in [0, 0.1) is 11.8 Å². The summed E-state index contributed by atoms with van der Waals surface area (Å²) in [4.78, 5) is 11.5. The molecule has 0 radical (unpaired) electrons. The molecule has 1 aliphatic carbocycles. The topological polar surface area (TPSA) is 50.4 Å². The number of amides is 1. The summed E-state index contributed by atoms with van der Waals surface area (Å²) >= 11 is 0. The number of ether oxygens (including phenoxy) is 1. The fourth-order valence-corrected chi connectivity index (χ4v) is 2.78. The molecule has 2 rings (SSSR count). The van der Waals surface area contributed by atoms with Crippen molar-refractivity contribution in [2.24, 2.45) is 11.8 Å². The van der Waals surface area contributed by atoms with Gasteiger partial charge in [0.2, 0.25) is 0 Å². The molecule has 2 bridgehead atoms. The zero-order chi connectivity index (χ0) is 11.8. The maximum atomic E-state index is 11.5. The number of hydrogen-bond acceptors (Lipinski definition) is 3. The van der Waals surface area contributed by atoms with E-state index in [-0.39, 0.29) is 6.09 Å². The highest BCUT2D eigenvalue weighted by atomic mass is 16.6. The molecule has 92 valence electrons. The van der Waals surface area contributed by atoms with Crippen LogP contribution in [0.4, 0.5) is 4.79 Å². The number of hydrogen-bond donors (Lipinski definition) is 2. The standard InChI is InChI=1S/C12H22N2O2/c1-12(2,3)16-11(15)14-7-9-8-4-5-10(9)13-6-8/h8-10,13H,4-7H2,1-3H3,(H,14,15)/t8-,9+,10-/m0/s1. The highest BCUT2D eigenvalue weighted by Gasteiger charge is 2.41. The van der Waals surface area contributed by atoms with Crippen LogP contribution in [0.25, 0.3) is 0 Å². The predicted molar refractivity (Wildman–Crippen MR) is 62.2 cm³/mol. The molecule has 0 unspecified atom stereocenters. The number of fused-ring (bicyclic) bond motifs is 2. The van der Waals surface area contributed by atoms with Gasteiger partial charge in [-0.1, -0.05) is 0 Å². The highest BCUT2D eigenvalue weighted by Crippen LogP contribution is 2.36. The van der Waals surface area contributed by atoms with Gasteiger partial charge in [-0.25, -0.2) is 4.79 Å². The molecule has 2 fully saturated rings. The quantitative estimate of drug-likeness (QED) is 0.750. The fourth-order valence-electron chi connectivity index (χ4n) is 2.78. The van der Waals surface area contributed by atoms with Gasteiger partial charge in [-0.2, -0.15) is 0 Å². The predicted octanol–water partition coefficient (Wildman–Crippen LogP) is 1.51. The molecule has 1 saturated carbocycles. The second-order valence-electron chi connectivity index (χ2n) is 5.90. The second kappa shape index (κ2) is 4.24. The number of carbonyl (C=O) groups excluding carboxylic acids is 1. The van der Waals surface area contributed by atoms with Crippen molar-refractivity contribution in [2.45, 2.75) is 45.3 Å². The third kappa shape index (κ3) is 2.67. The van der Waals surface area contributed by atoms with Gasteiger partial charge in [0.1, 0.15) is 5.60 Å². The molecule has 1 amide bonds.